The second-order valence-corrected chi connectivity index (χ2v) is 6.98. The molecule has 0 aliphatic carbocycles. The van der Waals surface area contributed by atoms with Gasteiger partial charge in [0.25, 0.3) is 0 Å². The molecule has 0 radical (unpaired) electrons. The van der Waals surface area contributed by atoms with E-state index >= 15 is 0 Å². The summed E-state index contributed by atoms with van der Waals surface area (Å²) < 4.78 is 11.3. The third-order valence-corrected chi connectivity index (χ3v) is 5.37. The summed E-state index contributed by atoms with van der Waals surface area (Å²) in [6.45, 7) is 0.441. The summed E-state index contributed by atoms with van der Waals surface area (Å²) in [6, 6.07) is 15.9. The Kier molecular flexibility index (Phi) is 5.75. The second-order valence-electron chi connectivity index (χ2n) is 5.93. The summed E-state index contributed by atoms with van der Waals surface area (Å²) in [5, 5.41) is 4.40. The SMILES string of the molecule is COC(=O)c1sc2ccc(OC)cc2c1NC(CN)Cc1ccccc1. The van der Waals surface area contributed by atoms with Crippen molar-refractivity contribution in [1.29, 1.82) is 0 Å². The van der Waals surface area contributed by atoms with Gasteiger partial charge in [0.1, 0.15) is 10.6 Å². The van der Waals surface area contributed by atoms with Crippen molar-refractivity contribution in [3.63, 3.8) is 0 Å². The molecule has 3 rings (SSSR count). The third-order valence-electron chi connectivity index (χ3n) is 4.22. The van der Waals surface area contributed by atoms with Gasteiger partial charge in [-0.05, 0) is 30.2 Å². The zero-order valence-electron chi connectivity index (χ0n) is 14.8. The molecule has 1 unspecified atom stereocenters. The van der Waals surface area contributed by atoms with Crippen molar-refractivity contribution < 1.29 is 14.3 Å². The topological polar surface area (TPSA) is 73.6 Å². The second kappa shape index (κ2) is 8.21. The molecule has 0 amide bonds. The summed E-state index contributed by atoms with van der Waals surface area (Å²) in [5.41, 5.74) is 7.94. The van der Waals surface area contributed by atoms with E-state index in [4.69, 9.17) is 15.2 Å². The molecule has 1 aromatic heterocycles. The van der Waals surface area contributed by atoms with E-state index in [-0.39, 0.29) is 12.0 Å². The number of nitrogens with one attached hydrogen (secondary N) is 1. The molecule has 0 aliphatic heterocycles. The minimum absolute atomic E-state index is 0.00944. The van der Waals surface area contributed by atoms with Crippen LogP contribution in [0.5, 0.6) is 5.75 Å². The lowest BCUT2D eigenvalue weighted by Gasteiger charge is -2.19. The summed E-state index contributed by atoms with van der Waals surface area (Å²) in [5.74, 6) is 0.380. The molecular formula is C20H22N2O3S. The molecule has 0 saturated heterocycles. The number of esters is 1. The molecule has 3 aromatic rings. The lowest BCUT2D eigenvalue weighted by atomic mass is 10.1. The first-order chi connectivity index (χ1) is 12.7. The van der Waals surface area contributed by atoms with Crippen molar-refractivity contribution in [2.45, 2.75) is 12.5 Å². The van der Waals surface area contributed by atoms with Crippen molar-refractivity contribution in [1.82, 2.24) is 0 Å². The van der Waals surface area contributed by atoms with E-state index in [2.05, 4.69) is 17.4 Å². The predicted molar refractivity (Wildman–Crippen MR) is 106 cm³/mol. The Morgan fingerprint density at radius 3 is 2.62 bits per heavy atom. The average Bonchev–Trinajstić information content (AvgIpc) is 3.05. The molecule has 26 heavy (non-hydrogen) atoms. The molecule has 0 aliphatic rings. The number of fused-ring (bicyclic) bond motifs is 1. The largest absolute Gasteiger partial charge is 0.497 e. The summed E-state index contributed by atoms with van der Waals surface area (Å²) in [7, 11) is 3.02. The van der Waals surface area contributed by atoms with Gasteiger partial charge in [-0.25, -0.2) is 4.79 Å². The molecule has 0 saturated carbocycles. The number of ether oxygens (including phenoxy) is 2. The molecule has 0 spiro atoms. The van der Waals surface area contributed by atoms with E-state index in [1.54, 1.807) is 7.11 Å². The number of benzene rings is 2. The molecule has 6 heteroatoms. The van der Waals surface area contributed by atoms with Crippen LogP contribution in [0.2, 0.25) is 0 Å². The van der Waals surface area contributed by atoms with Crippen LogP contribution in [0.1, 0.15) is 15.2 Å². The van der Waals surface area contributed by atoms with E-state index in [1.165, 1.54) is 24.0 Å². The van der Waals surface area contributed by atoms with Crippen LogP contribution in [0.25, 0.3) is 10.1 Å². The summed E-state index contributed by atoms with van der Waals surface area (Å²) in [4.78, 5) is 12.8. The zero-order chi connectivity index (χ0) is 18.5. The molecule has 5 nitrogen and oxygen atoms in total. The van der Waals surface area contributed by atoms with E-state index in [9.17, 15) is 4.79 Å². The summed E-state index contributed by atoms with van der Waals surface area (Å²) in [6.07, 6.45) is 0.763. The fraction of sp³-hybridized carbons (Fsp3) is 0.250. The van der Waals surface area contributed by atoms with Gasteiger partial charge in [0.15, 0.2) is 0 Å². The van der Waals surface area contributed by atoms with Gasteiger partial charge in [0, 0.05) is 22.7 Å². The average molecular weight is 370 g/mol. The van der Waals surface area contributed by atoms with Gasteiger partial charge in [0.05, 0.1) is 19.9 Å². The van der Waals surface area contributed by atoms with Crippen molar-refractivity contribution >= 4 is 33.1 Å². The first-order valence-electron chi connectivity index (χ1n) is 8.35. The molecule has 0 bridgehead atoms. The van der Waals surface area contributed by atoms with Crippen molar-refractivity contribution in [2.24, 2.45) is 5.73 Å². The number of carbonyl (C=O) groups excluding carboxylic acids is 1. The lowest BCUT2D eigenvalue weighted by Crippen LogP contribution is -2.31. The Morgan fingerprint density at radius 1 is 1.19 bits per heavy atom. The van der Waals surface area contributed by atoms with Gasteiger partial charge in [0.2, 0.25) is 0 Å². The predicted octanol–water partition coefficient (Wildman–Crippen LogP) is 3.68. The molecule has 0 fully saturated rings. The highest BCUT2D eigenvalue weighted by Gasteiger charge is 2.22. The van der Waals surface area contributed by atoms with E-state index < -0.39 is 0 Å². The van der Waals surface area contributed by atoms with Gasteiger partial charge in [-0.1, -0.05) is 30.3 Å². The summed E-state index contributed by atoms with van der Waals surface area (Å²) >= 11 is 1.40. The quantitative estimate of drug-likeness (QED) is 0.621. The number of hydrogen-bond acceptors (Lipinski definition) is 6. The number of nitrogens with two attached hydrogens (primary N) is 1. The number of hydrogen-bond donors (Lipinski definition) is 2. The van der Waals surface area contributed by atoms with Gasteiger partial charge in [-0.2, -0.15) is 0 Å². The lowest BCUT2D eigenvalue weighted by molar-refractivity contribution is 0.0607. The molecule has 3 N–H and O–H groups in total. The zero-order valence-corrected chi connectivity index (χ0v) is 15.6. The van der Waals surface area contributed by atoms with Crippen molar-refractivity contribution in [2.75, 3.05) is 26.1 Å². The fourth-order valence-electron chi connectivity index (χ4n) is 2.88. The number of methoxy groups -OCH3 is 2. The Hall–Kier alpha value is -2.57. The number of thiophene rings is 1. The minimum atomic E-state index is -0.358. The monoisotopic (exact) mass is 370 g/mol. The maximum atomic E-state index is 12.3. The first kappa shape index (κ1) is 18.2. The maximum absolute atomic E-state index is 12.3. The van der Waals surface area contributed by atoms with Crippen LogP contribution in [0.4, 0.5) is 5.69 Å². The molecular weight excluding hydrogens is 348 g/mol. The van der Waals surface area contributed by atoms with Crippen LogP contribution >= 0.6 is 11.3 Å². The van der Waals surface area contributed by atoms with Crippen molar-refractivity contribution in [3.8, 4) is 5.75 Å². The van der Waals surface area contributed by atoms with Crippen LogP contribution < -0.4 is 15.8 Å². The smallest absolute Gasteiger partial charge is 0.350 e. The fourth-order valence-corrected chi connectivity index (χ4v) is 3.94. The number of carbonyl (C=O) groups is 1. The normalized spacial score (nSPS) is 12.0. The van der Waals surface area contributed by atoms with Crippen molar-refractivity contribution in [3.05, 3.63) is 59.0 Å². The van der Waals surface area contributed by atoms with E-state index in [1.807, 2.05) is 36.4 Å². The van der Waals surface area contributed by atoms with Gasteiger partial charge >= 0.3 is 5.97 Å². The van der Waals surface area contributed by atoms with Gasteiger partial charge < -0.3 is 20.5 Å². The Morgan fingerprint density at radius 2 is 1.96 bits per heavy atom. The van der Waals surface area contributed by atoms with Gasteiger partial charge in [-0.15, -0.1) is 11.3 Å². The van der Waals surface area contributed by atoms with E-state index in [0.717, 1.165) is 27.9 Å². The van der Waals surface area contributed by atoms with Crippen LogP contribution in [0.15, 0.2) is 48.5 Å². The van der Waals surface area contributed by atoms with E-state index in [0.29, 0.717) is 11.4 Å². The molecule has 136 valence electrons. The number of rotatable bonds is 7. The highest BCUT2D eigenvalue weighted by atomic mass is 32.1. The standard InChI is InChI=1S/C20H22N2O3S/c1-24-15-8-9-17-16(11-15)18(19(26-17)20(23)25-2)22-14(12-21)10-13-6-4-3-5-7-13/h3-9,11,14,22H,10,12,21H2,1-2H3. The van der Waals surface area contributed by atoms with Crippen LogP contribution in [-0.4, -0.2) is 32.8 Å². The Bertz CT molecular complexity index is 893. The van der Waals surface area contributed by atoms with Gasteiger partial charge in [-0.3, -0.25) is 0 Å². The molecule has 2 aromatic carbocycles. The highest BCUT2D eigenvalue weighted by Crippen LogP contribution is 2.38. The number of anilines is 1. The Balaban J connectivity index is 1.98. The minimum Gasteiger partial charge on any atom is -0.497 e. The Labute approximate surface area is 156 Å². The van der Waals surface area contributed by atoms with Crippen LogP contribution in [-0.2, 0) is 11.2 Å². The maximum Gasteiger partial charge on any atom is 0.350 e. The highest BCUT2D eigenvalue weighted by molar-refractivity contribution is 7.21. The molecule has 1 atom stereocenters. The molecule has 1 heterocycles. The first-order valence-corrected chi connectivity index (χ1v) is 9.17. The third kappa shape index (κ3) is 3.81. The van der Waals surface area contributed by atoms with Crippen LogP contribution in [0, 0.1) is 0 Å². The van der Waals surface area contributed by atoms with Crippen LogP contribution in [0.3, 0.4) is 0 Å².